The average Bonchev–Trinajstić information content (AvgIpc) is 2.84. The Morgan fingerprint density at radius 2 is 2.05 bits per heavy atom. The Labute approximate surface area is 119 Å². The second kappa shape index (κ2) is 5.36. The first-order valence-electron chi connectivity index (χ1n) is 7.31. The van der Waals surface area contributed by atoms with E-state index in [-0.39, 0.29) is 0 Å². The normalized spacial score (nSPS) is 18.1. The first-order chi connectivity index (χ1) is 9.65. The predicted molar refractivity (Wildman–Crippen MR) is 79.3 cm³/mol. The highest BCUT2D eigenvalue weighted by Crippen LogP contribution is 2.26. The van der Waals surface area contributed by atoms with Gasteiger partial charge in [0.2, 0.25) is 0 Å². The summed E-state index contributed by atoms with van der Waals surface area (Å²) in [7, 11) is 0. The summed E-state index contributed by atoms with van der Waals surface area (Å²) in [6.45, 7) is 7.98. The van der Waals surface area contributed by atoms with Crippen molar-refractivity contribution in [3.8, 4) is 0 Å². The van der Waals surface area contributed by atoms with Gasteiger partial charge >= 0.3 is 0 Å². The van der Waals surface area contributed by atoms with Gasteiger partial charge in [-0.15, -0.1) is 0 Å². The average molecular weight is 274 g/mol. The van der Waals surface area contributed by atoms with E-state index < -0.39 is 0 Å². The minimum Gasteiger partial charge on any atom is -0.383 e. The fraction of sp³-hybridized carbons (Fsp3) is 0.643. The number of anilines is 1. The second-order valence-corrected chi connectivity index (χ2v) is 6.01. The zero-order valence-electron chi connectivity index (χ0n) is 12.2. The fourth-order valence-corrected chi connectivity index (χ4v) is 3.01. The van der Waals surface area contributed by atoms with Crippen LogP contribution in [0.1, 0.15) is 32.7 Å². The maximum atomic E-state index is 5.86. The molecule has 0 radical (unpaired) electrons. The van der Waals surface area contributed by atoms with E-state index in [9.17, 15) is 0 Å². The molecule has 0 bridgehead atoms. The summed E-state index contributed by atoms with van der Waals surface area (Å²) in [4.78, 5) is 10.9. The number of piperidine rings is 1. The van der Waals surface area contributed by atoms with Crippen LogP contribution < -0.4 is 5.73 Å². The van der Waals surface area contributed by atoms with Crippen molar-refractivity contribution in [1.82, 2.24) is 24.6 Å². The molecule has 2 aromatic heterocycles. The zero-order chi connectivity index (χ0) is 14.1. The van der Waals surface area contributed by atoms with Crippen LogP contribution in [-0.2, 0) is 0 Å². The number of aromatic nitrogens is 4. The first kappa shape index (κ1) is 13.3. The molecule has 6 heteroatoms. The highest BCUT2D eigenvalue weighted by atomic mass is 15.3. The van der Waals surface area contributed by atoms with Crippen molar-refractivity contribution in [3.05, 3.63) is 12.5 Å². The number of hydrogen-bond donors (Lipinski definition) is 1. The summed E-state index contributed by atoms with van der Waals surface area (Å²) < 4.78 is 2.03. The molecule has 2 aromatic rings. The lowest BCUT2D eigenvalue weighted by Gasteiger charge is -2.33. The molecule has 1 saturated heterocycles. The highest BCUT2D eigenvalue weighted by molar-refractivity contribution is 5.84. The lowest BCUT2D eigenvalue weighted by molar-refractivity contribution is 0.166. The van der Waals surface area contributed by atoms with Crippen molar-refractivity contribution >= 4 is 16.9 Å². The van der Waals surface area contributed by atoms with E-state index in [0.717, 1.165) is 42.9 Å². The monoisotopic (exact) mass is 274 g/mol. The van der Waals surface area contributed by atoms with Crippen LogP contribution in [0.5, 0.6) is 0 Å². The van der Waals surface area contributed by atoms with E-state index in [4.69, 9.17) is 5.73 Å². The summed E-state index contributed by atoms with van der Waals surface area (Å²) in [6.07, 6.45) is 5.54. The smallest absolute Gasteiger partial charge is 0.163 e. The summed E-state index contributed by atoms with van der Waals surface area (Å²) >= 11 is 0. The van der Waals surface area contributed by atoms with Crippen molar-refractivity contribution in [2.24, 2.45) is 5.92 Å². The largest absolute Gasteiger partial charge is 0.383 e. The minimum absolute atomic E-state index is 0.421. The molecule has 1 fully saturated rings. The van der Waals surface area contributed by atoms with Crippen molar-refractivity contribution in [2.75, 3.05) is 25.4 Å². The van der Waals surface area contributed by atoms with Crippen LogP contribution in [0.15, 0.2) is 12.5 Å². The summed E-state index contributed by atoms with van der Waals surface area (Å²) in [5.74, 6) is 1.24. The molecule has 0 spiro atoms. The molecule has 0 atom stereocenters. The molecular weight excluding hydrogens is 252 g/mol. The predicted octanol–water partition coefficient (Wildman–Crippen LogP) is 1.70. The molecule has 3 rings (SSSR count). The lowest BCUT2D eigenvalue weighted by Crippen LogP contribution is -2.37. The number of likely N-dealkylation sites (tertiary alicyclic amines) is 1. The summed E-state index contributed by atoms with van der Waals surface area (Å²) in [5.41, 5.74) is 6.72. The maximum Gasteiger partial charge on any atom is 0.163 e. The molecule has 6 nitrogen and oxygen atoms in total. The van der Waals surface area contributed by atoms with E-state index in [1.807, 2.05) is 4.68 Å². The van der Waals surface area contributed by atoms with Gasteiger partial charge in [-0.25, -0.2) is 14.6 Å². The van der Waals surface area contributed by atoms with Crippen LogP contribution in [0.2, 0.25) is 0 Å². The lowest BCUT2D eigenvalue weighted by atomic mass is 10.0. The Kier molecular flexibility index (Phi) is 3.56. The number of rotatable bonds is 3. The van der Waals surface area contributed by atoms with Gasteiger partial charge in [-0.2, -0.15) is 5.10 Å². The molecule has 0 aliphatic carbocycles. The van der Waals surface area contributed by atoms with Crippen molar-refractivity contribution in [1.29, 1.82) is 0 Å². The third-order valence-electron chi connectivity index (χ3n) is 3.95. The fourth-order valence-electron chi connectivity index (χ4n) is 3.01. The molecular formula is C14H22N6. The van der Waals surface area contributed by atoms with Gasteiger partial charge in [-0.05, 0) is 18.8 Å². The second-order valence-electron chi connectivity index (χ2n) is 6.01. The molecule has 0 amide bonds. The molecule has 108 valence electrons. The van der Waals surface area contributed by atoms with E-state index in [1.54, 1.807) is 6.20 Å². The Morgan fingerprint density at radius 3 is 2.75 bits per heavy atom. The van der Waals surface area contributed by atoms with Crippen LogP contribution in [0.3, 0.4) is 0 Å². The maximum absolute atomic E-state index is 5.86. The van der Waals surface area contributed by atoms with E-state index in [1.165, 1.54) is 12.9 Å². The van der Waals surface area contributed by atoms with Gasteiger partial charge in [0, 0.05) is 19.6 Å². The van der Waals surface area contributed by atoms with Crippen LogP contribution in [0.4, 0.5) is 5.82 Å². The van der Waals surface area contributed by atoms with Gasteiger partial charge in [0.15, 0.2) is 5.65 Å². The third-order valence-corrected chi connectivity index (χ3v) is 3.95. The van der Waals surface area contributed by atoms with Gasteiger partial charge in [0.25, 0.3) is 0 Å². The standard InChI is InChI=1S/C14H22N6/c1-10(2)8-19-5-3-11(4-6-19)20-14-12(7-18-20)13(15)16-9-17-14/h7,9-11H,3-6,8H2,1-2H3,(H2,15,16,17). The van der Waals surface area contributed by atoms with E-state index >= 15 is 0 Å². The quantitative estimate of drug-likeness (QED) is 0.922. The number of nitrogens with two attached hydrogens (primary N) is 1. The Balaban J connectivity index is 1.75. The van der Waals surface area contributed by atoms with Crippen molar-refractivity contribution in [2.45, 2.75) is 32.7 Å². The van der Waals surface area contributed by atoms with E-state index in [2.05, 4.69) is 33.8 Å². The Bertz CT molecular complexity index is 582. The first-order valence-corrected chi connectivity index (χ1v) is 7.31. The van der Waals surface area contributed by atoms with Gasteiger partial charge in [0.05, 0.1) is 17.6 Å². The number of fused-ring (bicyclic) bond motifs is 1. The molecule has 1 aliphatic rings. The van der Waals surface area contributed by atoms with Crippen LogP contribution in [-0.4, -0.2) is 44.3 Å². The third kappa shape index (κ3) is 2.47. The zero-order valence-corrected chi connectivity index (χ0v) is 12.2. The minimum atomic E-state index is 0.421. The molecule has 20 heavy (non-hydrogen) atoms. The van der Waals surface area contributed by atoms with Crippen LogP contribution in [0.25, 0.3) is 11.0 Å². The number of nitrogens with zero attached hydrogens (tertiary/aromatic N) is 5. The molecule has 1 aliphatic heterocycles. The van der Waals surface area contributed by atoms with Gasteiger partial charge in [-0.1, -0.05) is 13.8 Å². The van der Waals surface area contributed by atoms with Crippen LogP contribution >= 0.6 is 0 Å². The number of nitrogen functional groups attached to an aromatic ring is 1. The van der Waals surface area contributed by atoms with Gasteiger partial charge < -0.3 is 10.6 Å². The van der Waals surface area contributed by atoms with Crippen molar-refractivity contribution < 1.29 is 0 Å². The summed E-state index contributed by atoms with van der Waals surface area (Å²) in [6, 6.07) is 0.421. The molecule has 0 aromatic carbocycles. The topological polar surface area (TPSA) is 72.9 Å². The Morgan fingerprint density at radius 1 is 1.30 bits per heavy atom. The van der Waals surface area contributed by atoms with Crippen LogP contribution in [0, 0.1) is 5.92 Å². The van der Waals surface area contributed by atoms with Gasteiger partial charge in [0.1, 0.15) is 12.1 Å². The number of hydrogen-bond acceptors (Lipinski definition) is 5. The van der Waals surface area contributed by atoms with Crippen molar-refractivity contribution in [3.63, 3.8) is 0 Å². The molecule has 0 unspecified atom stereocenters. The van der Waals surface area contributed by atoms with E-state index in [0.29, 0.717) is 11.9 Å². The summed E-state index contributed by atoms with van der Waals surface area (Å²) in [5, 5.41) is 5.34. The molecule has 2 N–H and O–H groups in total. The molecule has 0 saturated carbocycles. The van der Waals surface area contributed by atoms with Gasteiger partial charge in [-0.3, -0.25) is 0 Å². The highest BCUT2D eigenvalue weighted by Gasteiger charge is 2.23. The SMILES string of the molecule is CC(C)CN1CCC(n2ncc3c(N)ncnc32)CC1. The molecule has 3 heterocycles. The Hall–Kier alpha value is -1.69.